The molecule has 0 saturated carbocycles. The molecule has 0 aliphatic rings. The Morgan fingerprint density at radius 2 is 1.90 bits per heavy atom. The molecule has 0 aliphatic heterocycles. The molecular weight excluding hydrogens is 319 g/mol. The second-order valence-electron chi connectivity index (χ2n) is 3.87. The predicted octanol–water partition coefficient (Wildman–Crippen LogP) is 1.05. The average molecular weight is 333 g/mol. The van der Waals surface area contributed by atoms with Crippen LogP contribution >= 0.6 is 0 Å². The molecule has 102 valence electrons. The number of hydrogen-bond donors (Lipinski definition) is 2. The fourth-order valence-corrected chi connectivity index (χ4v) is 2.54. The molecule has 0 unspecified atom stereocenters. The summed E-state index contributed by atoms with van der Waals surface area (Å²) in [5.41, 5.74) is 3.86. The van der Waals surface area contributed by atoms with Crippen LogP contribution in [0.3, 0.4) is 0 Å². The van der Waals surface area contributed by atoms with Gasteiger partial charge >= 0.3 is 123 Å². The molecule has 2 rings (SSSR count). The zero-order valence-electron chi connectivity index (χ0n) is 10.9. The second kappa shape index (κ2) is 7.43. The van der Waals surface area contributed by atoms with Gasteiger partial charge in [0.15, 0.2) is 0 Å². The zero-order valence-corrected chi connectivity index (χ0v) is 12.6. The molecule has 2 N–H and O–H groups in total. The molecule has 0 bridgehead atoms. The van der Waals surface area contributed by atoms with E-state index in [1.54, 1.807) is 13.1 Å². The van der Waals surface area contributed by atoms with Gasteiger partial charge in [0.1, 0.15) is 0 Å². The standard InChI is InChI=1S/C14H14N4OSe/c1-11(13-9-5-6-10-15-13)16-17-14(19)18-20-12-7-3-2-4-8-12/h2-10H,1H3,(H2,17,18,19)/b16-11+. The van der Waals surface area contributed by atoms with Gasteiger partial charge in [-0.15, -0.1) is 0 Å². The Bertz CT molecular complexity index is 587. The van der Waals surface area contributed by atoms with E-state index in [9.17, 15) is 4.79 Å². The number of rotatable bonds is 4. The number of nitrogens with zero attached hydrogens (tertiary/aromatic N) is 2. The summed E-state index contributed by atoms with van der Waals surface area (Å²) in [4.78, 5) is 15.8. The number of amides is 2. The van der Waals surface area contributed by atoms with E-state index >= 15 is 0 Å². The van der Waals surface area contributed by atoms with Gasteiger partial charge in [0, 0.05) is 0 Å². The van der Waals surface area contributed by atoms with E-state index in [4.69, 9.17) is 0 Å². The molecule has 0 saturated heterocycles. The molecule has 0 spiro atoms. The summed E-state index contributed by atoms with van der Waals surface area (Å²) in [6.45, 7) is 1.80. The van der Waals surface area contributed by atoms with Crippen molar-refractivity contribution in [3.8, 4) is 0 Å². The van der Waals surface area contributed by atoms with Crippen molar-refractivity contribution in [2.45, 2.75) is 6.92 Å². The molecular formula is C14H14N4OSe. The monoisotopic (exact) mass is 334 g/mol. The molecule has 20 heavy (non-hydrogen) atoms. The number of urea groups is 1. The molecule has 1 heterocycles. The number of carbonyl (C=O) groups is 1. The fraction of sp³-hybridized carbons (Fsp3) is 0.0714. The Kier molecular flexibility index (Phi) is 5.29. The second-order valence-corrected chi connectivity index (χ2v) is 5.72. The minimum atomic E-state index is -0.316. The van der Waals surface area contributed by atoms with Crippen molar-refractivity contribution in [3.05, 3.63) is 60.4 Å². The topological polar surface area (TPSA) is 66.4 Å². The number of benzene rings is 1. The molecule has 0 atom stereocenters. The third kappa shape index (κ3) is 4.49. The number of nitrogens with one attached hydrogen (secondary N) is 2. The fourth-order valence-electron chi connectivity index (χ4n) is 1.39. The molecule has 6 heteroatoms. The van der Waals surface area contributed by atoms with Crippen molar-refractivity contribution in [3.63, 3.8) is 0 Å². The molecule has 2 aromatic rings. The normalized spacial score (nSPS) is 10.9. The van der Waals surface area contributed by atoms with Gasteiger partial charge in [-0.2, -0.15) is 0 Å². The van der Waals surface area contributed by atoms with Crippen molar-refractivity contribution >= 4 is 31.4 Å². The SMILES string of the molecule is C/C(=N\NC(=O)N[Se]c1ccccc1)c1ccccn1. The molecule has 0 radical (unpaired) electrons. The van der Waals surface area contributed by atoms with Crippen molar-refractivity contribution < 1.29 is 4.79 Å². The van der Waals surface area contributed by atoms with E-state index in [1.807, 2.05) is 48.5 Å². The number of carbonyl (C=O) groups excluding carboxylic acids is 1. The molecule has 1 aromatic heterocycles. The summed E-state index contributed by atoms with van der Waals surface area (Å²) in [7, 11) is 0. The Hall–Kier alpha value is -2.17. The zero-order chi connectivity index (χ0) is 14.2. The van der Waals surface area contributed by atoms with Crippen LogP contribution in [0.25, 0.3) is 0 Å². The van der Waals surface area contributed by atoms with E-state index in [1.165, 1.54) is 0 Å². The Morgan fingerprint density at radius 1 is 1.15 bits per heavy atom. The van der Waals surface area contributed by atoms with Crippen LogP contribution in [0.2, 0.25) is 0 Å². The number of pyridine rings is 1. The predicted molar refractivity (Wildman–Crippen MR) is 79.9 cm³/mol. The van der Waals surface area contributed by atoms with Gasteiger partial charge in [0.2, 0.25) is 0 Å². The van der Waals surface area contributed by atoms with E-state index in [0.29, 0.717) is 5.71 Å². The molecule has 0 aliphatic carbocycles. The summed E-state index contributed by atoms with van der Waals surface area (Å²) < 4.78 is 3.89. The van der Waals surface area contributed by atoms with E-state index in [0.717, 1.165) is 10.2 Å². The van der Waals surface area contributed by atoms with E-state index < -0.39 is 0 Å². The van der Waals surface area contributed by atoms with E-state index in [2.05, 4.69) is 19.8 Å². The number of aromatic nitrogens is 1. The maximum atomic E-state index is 11.6. The van der Waals surface area contributed by atoms with Crippen LogP contribution in [0.4, 0.5) is 4.79 Å². The van der Waals surface area contributed by atoms with Gasteiger partial charge in [-0.3, -0.25) is 0 Å². The van der Waals surface area contributed by atoms with Gasteiger partial charge in [-0.05, 0) is 0 Å². The average Bonchev–Trinajstić information content (AvgIpc) is 2.52. The van der Waals surface area contributed by atoms with Crippen LogP contribution in [-0.2, 0) is 0 Å². The third-order valence-electron chi connectivity index (χ3n) is 2.37. The van der Waals surface area contributed by atoms with Crippen molar-refractivity contribution in [1.82, 2.24) is 14.7 Å². The Balaban J connectivity index is 1.83. The minimum absolute atomic E-state index is 0.111. The van der Waals surface area contributed by atoms with Gasteiger partial charge < -0.3 is 0 Å². The van der Waals surface area contributed by atoms with Crippen LogP contribution in [0, 0.1) is 0 Å². The van der Waals surface area contributed by atoms with Crippen molar-refractivity contribution in [2.24, 2.45) is 5.10 Å². The first-order valence-corrected chi connectivity index (χ1v) is 7.70. The molecule has 2 amide bonds. The van der Waals surface area contributed by atoms with Gasteiger partial charge in [0.05, 0.1) is 0 Å². The van der Waals surface area contributed by atoms with Crippen LogP contribution < -0.4 is 14.2 Å². The summed E-state index contributed by atoms with van der Waals surface area (Å²) in [6.07, 6.45) is 1.69. The maximum absolute atomic E-state index is 11.6. The van der Waals surface area contributed by atoms with Gasteiger partial charge in [-0.1, -0.05) is 0 Å². The molecule has 5 nitrogen and oxygen atoms in total. The Labute approximate surface area is 123 Å². The van der Waals surface area contributed by atoms with Crippen LogP contribution in [-0.4, -0.2) is 31.9 Å². The van der Waals surface area contributed by atoms with Crippen LogP contribution in [0.1, 0.15) is 12.6 Å². The van der Waals surface area contributed by atoms with Crippen LogP contribution in [0.15, 0.2) is 59.8 Å². The number of hydrazone groups is 1. The Morgan fingerprint density at radius 3 is 2.60 bits per heavy atom. The first-order chi connectivity index (χ1) is 9.75. The quantitative estimate of drug-likeness (QED) is 0.499. The number of hydrogen-bond acceptors (Lipinski definition) is 3. The van der Waals surface area contributed by atoms with Gasteiger partial charge in [-0.25, -0.2) is 0 Å². The van der Waals surface area contributed by atoms with Crippen molar-refractivity contribution in [2.75, 3.05) is 0 Å². The summed E-state index contributed by atoms with van der Waals surface area (Å²) in [5, 5.41) is 4.01. The summed E-state index contributed by atoms with van der Waals surface area (Å²) in [6, 6.07) is 15.0. The van der Waals surface area contributed by atoms with Crippen LogP contribution in [0.5, 0.6) is 0 Å². The summed E-state index contributed by atoms with van der Waals surface area (Å²) >= 11 is -0.111. The first-order valence-electron chi connectivity index (χ1n) is 5.99. The molecule has 1 aromatic carbocycles. The molecule has 0 fully saturated rings. The van der Waals surface area contributed by atoms with Crippen molar-refractivity contribution in [1.29, 1.82) is 0 Å². The summed E-state index contributed by atoms with van der Waals surface area (Å²) in [5.74, 6) is 0. The third-order valence-corrected chi connectivity index (χ3v) is 4.03. The van der Waals surface area contributed by atoms with Gasteiger partial charge in [0.25, 0.3) is 0 Å². The van der Waals surface area contributed by atoms with E-state index in [-0.39, 0.29) is 21.2 Å². The first kappa shape index (κ1) is 14.2.